The molecule has 0 bridgehead atoms. The van der Waals surface area contributed by atoms with Crippen LogP contribution in [0.2, 0.25) is 0 Å². The molecule has 5 nitrogen and oxygen atoms in total. The van der Waals surface area contributed by atoms with E-state index < -0.39 is 0 Å². The van der Waals surface area contributed by atoms with Gasteiger partial charge < -0.3 is 14.7 Å². The zero-order valence-electron chi connectivity index (χ0n) is 24.0. The Bertz CT molecular complexity index is 1000. The van der Waals surface area contributed by atoms with Crippen molar-refractivity contribution in [1.82, 2.24) is 9.80 Å². The van der Waals surface area contributed by atoms with Gasteiger partial charge in [-0.25, -0.2) is 0 Å². The number of phenols is 1. The monoisotopic (exact) mass is 526 g/mol. The molecule has 1 fully saturated rings. The lowest BCUT2D eigenvalue weighted by Crippen LogP contribution is -2.49. The number of hydrogen-bond acceptors (Lipinski definition) is 5. The molecule has 0 radical (unpaired) electrons. The van der Waals surface area contributed by atoms with Gasteiger partial charge in [0.25, 0.3) is 0 Å². The van der Waals surface area contributed by atoms with Crippen LogP contribution >= 0.6 is 11.8 Å². The molecule has 1 aliphatic rings. The fraction of sp³-hybridized carbons (Fsp3) is 0.581. The van der Waals surface area contributed by atoms with Crippen molar-refractivity contribution in [3.63, 3.8) is 0 Å². The number of carbonyl (C=O) groups excluding carboxylic acids is 1. The molecule has 2 atom stereocenters. The van der Waals surface area contributed by atoms with Crippen LogP contribution in [0.1, 0.15) is 72.1 Å². The molecule has 6 heteroatoms. The molecule has 0 saturated carbocycles. The maximum absolute atomic E-state index is 12.8. The van der Waals surface area contributed by atoms with E-state index >= 15 is 0 Å². The van der Waals surface area contributed by atoms with E-state index in [1.54, 1.807) is 11.8 Å². The molecule has 37 heavy (non-hydrogen) atoms. The summed E-state index contributed by atoms with van der Waals surface area (Å²) in [6.07, 6.45) is -0.0849. The van der Waals surface area contributed by atoms with Crippen molar-refractivity contribution in [2.45, 2.75) is 89.0 Å². The zero-order chi connectivity index (χ0) is 27.4. The fourth-order valence-corrected chi connectivity index (χ4v) is 5.63. The third-order valence-electron chi connectivity index (χ3n) is 7.13. The highest BCUT2D eigenvalue weighted by Crippen LogP contribution is 2.42. The van der Waals surface area contributed by atoms with Crippen molar-refractivity contribution in [3.05, 3.63) is 59.2 Å². The Kier molecular flexibility index (Phi) is 9.76. The SMILES string of the molecule is C[C@H](OCC(=O)N1CCN(Cc2ccccc2)CC1)[C@H](C)Sc1cc(C(C)(C)C)c(O)c(C(C)(C)C)c1. The van der Waals surface area contributed by atoms with Gasteiger partial charge in [0.1, 0.15) is 12.4 Å². The van der Waals surface area contributed by atoms with Gasteiger partial charge in [0.15, 0.2) is 0 Å². The minimum Gasteiger partial charge on any atom is -0.507 e. The van der Waals surface area contributed by atoms with Crippen LogP contribution in [0, 0.1) is 0 Å². The number of rotatable bonds is 8. The summed E-state index contributed by atoms with van der Waals surface area (Å²) in [6, 6.07) is 14.7. The predicted octanol–water partition coefficient (Wildman–Crippen LogP) is 6.22. The number of benzene rings is 2. The molecule has 0 aliphatic carbocycles. The van der Waals surface area contributed by atoms with Gasteiger partial charge in [-0.3, -0.25) is 9.69 Å². The van der Waals surface area contributed by atoms with Crippen molar-refractivity contribution in [1.29, 1.82) is 0 Å². The maximum Gasteiger partial charge on any atom is 0.248 e. The van der Waals surface area contributed by atoms with Crippen molar-refractivity contribution >= 4 is 17.7 Å². The van der Waals surface area contributed by atoms with Gasteiger partial charge in [0.2, 0.25) is 5.91 Å². The Balaban J connectivity index is 1.53. The van der Waals surface area contributed by atoms with Crippen LogP contribution in [0.25, 0.3) is 0 Å². The number of hydrogen-bond donors (Lipinski definition) is 1. The Labute approximate surface area is 228 Å². The van der Waals surface area contributed by atoms with Gasteiger partial charge in [0, 0.05) is 54.0 Å². The number of ether oxygens (including phenoxy) is 1. The average molecular weight is 527 g/mol. The van der Waals surface area contributed by atoms with Gasteiger partial charge in [-0.05, 0) is 35.4 Å². The molecule has 2 aromatic carbocycles. The number of phenolic OH excluding ortho intramolecular Hbond substituents is 1. The number of nitrogens with zero attached hydrogens (tertiary/aromatic N) is 2. The lowest BCUT2D eigenvalue weighted by Gasteiger charge is -2.35. The summed E-state index contributed by atoms with van der Waals surface area (Å²) in [5, 5.41) is 11.2. The lowest BCUT2D eigenvalue weighted by molar-refractivity contribution is -0.139. The van der Waals surface area contributed by atoms with Crippen molar-refractivity contribution in [2.75, 3.05) is 32.8 Å². The summed E-state index contributed by atoms with van der Waals surface area (Å²) in [7, 11) is 0. The van der Waals surface area contributed by atoms with Gasteiger partial charge in [0.05, 0.1) is 6.10 Å². The molecular formula is C31H46N2O3S. The molecule has 2 aromatic rings. The Morgan fingerprint density at radius 3 is 2.00 bits per heavy atom. The minimum absolute atomic E-state index is 0.0677. The summed E-state index contributed by atoms with van der Waals surface area (Å²) in [5.41, 5.74) is 2.91. The highest BCUT2D eigenvalue weighted by molar-refractivity contribution is 8.00. The molecule has 1 N–H and O–H groups in total. The van der Waals surface area contributed by atoms with E-state index in [9.17, 15) is 9.90 Å². The van der Waals surface area contributed by atoms with E-state index in [-0.39, 0.29) is 34.7 Å². The zero-order valence-corrected chi connectivity index (χ0v) is 24.8. The first kappa shape index (κ1) is 29.5. The number of aromatic hydroxyl groups is 1. The summed E-state index contributed by atoms with van der Waals surface area (Å²) in [5.74, 6) is 0.467. The quantitative estimate of drug-likeness (QED) is 0.414. The fourth-order valence-electron chi connectivity index (χ4n) is 4.56. The highest BCUT2D eigenvalue weighted by atomic mass is 32.2. The number of thioether (sulfide) groups is 1. The molecule has 0 unspecified atom stereocenters. The summed E-state index contributed by atoms with van der Waals surface area (Å²) < 4.78 is 6.06. The summed E-state index contributed by atoms with van der Waals surface area (Å²) >= 11 is 1.74. The number of amides is 1. The molecule has 3 rings (SSSR count). The van der Waals surface area contributed by atoms with Crippen LogP contribution in [0.5, 0.6) is 5.75 Å². The molecule has 204 valence electrons. The van der Waals surface area contributed by atoms with E-state index in [4.69, 9.17) is 4.74 Å². The molecule has 0 spiro atoms. The van der Waals surface area contributed by atoms with Gasteiger partial charge >= 0.3 is 0 Å². The molecule has 1 amide bonds. The van der Waals surface area contributed by atoms with Crippen LogP contribution in [-0.4, -0.2) is 65.0 Å². The van der Waals surface area contributed by atoms with Crippen LogP contribution in [0.3, 0.4) is 0 Å². The maximum atomic E-state index is 12.8. The second-order valence-electron chi connectivity index (χ2n) is 12.3. The van der Waals surface area contributed by atoms with Crippen molar-refractivity contribution in [3.8, 4) is 5.75 Å². The Hall–Kier alpha value is -2.02. The van der Waals surface area contributed by atoms with E-state index in [0.717, 1.165) is 48.7 Å². The smallest absolute Gasteiger partial charge is 0.248 e. The van der Waals surface area contributed by atoms with Crippen LogP contribution in [-0.2, 0) is 26.9 Å². The normalized spacial score (nSPS) is 17.0. The predicted molar refractivity (Wildman–Crippen MR) is 155 cm³/mol. The number of piperazine rings is 1. The van der Waals surface area contributed by atoms with Crippen molar-refractivity contribution in [2.24, 2.45) is 0 Å². The molecule has 1 heterocycles. The minimum atomic E-state index is -0.163. The topological polar surface area (TPSA) is 53.0 Å². The van der Waals surface area contributed by atoms with Gasteiger partial charge in [-0.15, -0.1) is 11.8 Å². The van der Waals surface area contributed by atoms with E-state index in [2.05, 4.69) is 89.8 Å². The Morgan fingerprint density at radius 2 is 1.49 bits per heavy atom. The van der Waals surface area contributed by atoms with Crippen LogP contribution in [0.15, 0.2) is 47.4 Å². The first-order chi connectivity index (χ1) is 17.3. The van der Waals surface area contributed by atoms with Crippen molar-refractivity contribution < 1.29 is 14.6 Å². The van der Waals surface area contributed by atoms with Crippen LogP contribution < -0.4 is 0 Å². The largest absolute Gasteiger partial charge is 0.507 e. The standard InChI is InChI=1S/C31H46N2O3S/c1-22(23(2)37-25-18-26(30(3,4)5)29(35)27(19-25)31(6,7)8)36-21-28(34)33-16-14-32(15-17-33)20-24-12-10-9-11-13-24/h9-13,18-19,22-23,35H,14-17,20-21H2,1-8H3/t22-,23-/m0/s1. The third-order valence-corrected chi connectivity index (χ3v) is 8.39. The molecule has 1 aliphatic heterocycles. The summed E-state index contributed by atoms with van der Waals surface area (Å²) in [4.78, 5) is 18.3. The van der Waals surface area contributed by atoms with E-state index in [1.807, 2.05) is 17.9 Å². The second kappa shape index (κ2) is 12.2. The lowest BCUT2D eigenvalue weighted by atomic mass is 9.79. The van der Waals surface area contributed by atoms with Gasteiger partial charge in [-0.1, -0.05) is 78.8 Å². The third kappa shape index (κ3) is 8.23. The van der Waals surface area contributed by atoms with Gasteiger partial charge in [-0.2, -0.15) is 0 Å². The first-order valence-electron chi connectivity index (χ1n) is 13.5. The molecular weight excluding hydrogens is 480 g/mol. The average Bonchev–Trinajstić information content (AvgIpc) is 2.83. The summed E-state index contributed by atoms with van der Waals surface area (Å²) in [6.45, 7) is 21.3. The molecule has 1 saturated heterocycles. The first-order valence-corrected chi connectivity index (χ1v) is 14.3. The van der Waals surface area contributed by atoms with Crippen LogP contribution in [0.4, 0.5) is 0 Å². The Morgan fingerprint density at radius 1 is 0.946 bits per heavy atom. The van der Waals surface area contributed by atoms with E-state index in [1.165, 1.54) is 5.56 Å². The molecule has 0 aromatic heterocycles. The second-order valence-corrected chi connectivity index (χ2v) is 13.8. The van der Waals surface area contributed by atoms with E-state index in [0.29, 0.717) is 5.75 Å². The highest BCUT2D eigenvalue weighted by Gasteiger charge is 2.28. The number of carbonyl (C=O) groups is 1.